The molecule has 0 unspecified atom stereocenters. The lowest BCUT2D eigenvalue weighted by Gasteiger charge is -2.28. The Bertz CT molecular complexity index is 334. The summed E-state index contributed by atoms with van der Waals surface area (Å²) in [6, 6.07) is 8.57. The highest BCUT2D eigenvalue weighted by atomic mass is 16.5. The summed E-state index contributed by atoms with van der Waals surface area (Å²) in [6.07, 6.45) is 0. The van der Waals surface area contributed by atoms with Crippen molar-refractivity contribution in [3.05, 3.63) is 24.3 Å². The van der Waals surface area contributed by atoms with Gasteiger partial charge in [-0.3, -0.25) is 0 Å². The molecule has 1 aromatic rings. The number of ether oxygens (including phenoxy) is 2. The minimum atomic E-state index is 0.752. The van der Waals surface area contributed by atoms with Crippen LogP contribution >= 0.6 is 0 Å². The smallest absolute Gasteiger partial charge is 0.0642 e. The van der Waals surface area contributed by atoms with Gasteiger partial charge >= 0.3 is 0 Å². The van der Waals surface area contributed by atoms with Gasteiger partial charge in [-0.05, 0) is 31.2 Å². The maximum atomic E-state index is 5.35. The molecule has 1 saturated heterocycles. The number of morpholine rings is 1. The first-order valence-electron chi connectivity index (χ1n) is 6.64. The number of nitrogens with one attached hydrogen (secondary N) is 1. The van der Waals surface area contributed by atoms with E-state index in [4.69, 9.17) is 9.47 Å². The van der Waals surface area contributed by atoms with Gasteiger partial charge in [-0.15, -0.1) is 0 Å². The third kappa shape index (κ3) is 3.89. The van der Waals surface area contributed by atoms with E-state index in [0.29, 0.717) is 0 Å². The summed E-state index contributed by atoms with van der Waals surface area (Å²) in [7, 11) is 0. The largest absolute Gasteiger partial charge is 0.383 e. The van der Waals surface area contributed by atoms with E-state index in [1.165, 1.54) is 5.69 Å². The second-order valence-corrected chi connectivity index (χ2v) is 4.27. The average Bonchev–Trinajstić information content (AvgIpc) is 2.45. The van der Waals surface area contributed by atoms with E-state index < -0.39 is 0 Å². The topological polar surface area (TPSA) is 33.7 Å². The molecule has 0 spiro atoms. The van der Waals surface area contributed by atoms with Crippen LogP contribution in [0.2, 0.25) is 0 Å². The van der Waals surface area contributed by atoms with Crippen LogP contribution in [0, 0.1) is 0 Å². The minimum Gasteiger partial charge on any atom is -0.383 e. The maximum Gasteiger partial charge on any atom is 0.0642 e. The number of anilines is 2. The van der Waals surface area contributed by atoms with Crippen LogP contribution in [0.25, 0.3) is 0 Å². The van der Waals surface area contributed by atoms with Crippen LogP contribution in [-0.4, -0.2) is 46.1 Å². The molecule has 18 heavy (non-hydrogen) atoms. The van der Waals surface area contributed by atoms with Crippen molar-refractivity contribution in [3.63, 3.8) is 0 Å². The Balaban J connectivity index is 1.81. The Morgan fingerprint density at radius 2 is 1.94 bits per heavy atom. The van der Waals surface area contributed by atoms with Crippen LogP contribution in [-0.2, 0) is 9.47 Å². The van der Waals surface area contributed by atoms with Gasteiger partial charge in [0.15, 0.2) is 0 Å². The van der Waals surface area contributed by atoms with Crippen molar-refractivity contribution in [2.75, 3.05) is 56.3 Å². The van der Waals surface area contributed by atoms with Gasteiger partial charge in [0.05, 0.1) is 19.8 Å². The minimum absolute atomic E-state index is 0.752. The zero-order chi connectivity index (χ0) is 12.6. The van der Waals surface area contributed by atoms with Crippen LogP contribution < -0.4 is 10.2 Å². The predicted octanol–water partition coefficient (Wildman–Crippen LogP) is 1.97. The lowest BCUT2D eigenvalue weighted by molar-refractivity contribution is 0.122. The van der Waals surface area contributed by atoms with Crippen molar-refractivity contribution >= 4 is 11.4 Å². The Hall–Kier alpha value is -1.26. The lowest BCUT2D eigenvalue weighted by atomic mass is 10.2. The molecule has 0 aromatic heterocycles. The predicted molar refractivity (Wildman–Crippen MR) is 74.5 cm³/mol. The van der Waals surface area contributed by atoms with Crippen molar-refractivity contribution < 1.29 is 9.47 Å². The van der Waals surface area contributed by atoms with Gasteiger partial charge < -0.3 is 19.7 Å². The molecule has 100 valence electrons. The number of benzene rings is 1. The molecule has 1 aliphatic rings. The van der Waals surface area contributed by atoms with E-state index in [2.05, 4.69) is 34.5 Å². The summed E-state index contributed by atoms with van der Waals surface area (Å²) < 4.78 is 10.6. The molecule has 1 N–H and O–H groups in total. The summed E-state index contributed by atoms with van der Waals surface area (Å²) in [5.41, 5.74) is 2.42. The standard InChI is InChI=1S/C14H22N2O2/c1-2-17-10-7-15-13-3-5-14(6-4-13)16-8-11-18-12-9-16/h3-6,15H,2,7-12H2,1H3. The van der Waals surface area contributed by atoms with Crippen LogP contribution in [0.4, 0.5) is 11.4 Å². The Labute approximate surface area is 109 Å². The number of rotatable bonds is 6. The highest BCUT2D eigenvalue weighted by Crippen LogP contribution is 2.18. The molecule has 4 nitrogen and oxygen atoms in total. The number of nitrogens with zero attached hydrogens (tertiary/aromatic N) is 1. The summed E-state index contributed by atoms with van der Waals surface area (Å²) in [5.74, 6) is 0. The fourth-order valence-corrected chi connectivity index (χ4v) is 2.02. The van der Waals surface area contributed by atoms with E-state index in [1.54, 1.807) is 0 Å². The summed E-state index contributed by atoms with van der Waals surface area (Å²) in [5, 5.41) is 3.34. The molecule has 0 amide bonds. The third-order valence-electron chi connectivity index (χ3n) is 3.02. The van der Waals surface area contributed by atoms with Gasteiger partial charge in [0, 0.05) is 37.6 Å². The molecule has 0 bridgehead atoms. The van der Waals surface area contributed by atoms with Crippen molar-refractivity contribution in [2.24, 2.45) is 0 Å². The molecule has 4 heteroatoms. The molecular formula is C14H22N2O2. The number of hydrogen-bond donors (Lipinski definition) is 1. The van der Waals surface area contributed by atoms with Crippen LogP contribution in [0.1, 0.15) is 6.92 Å². The highest BCUT2D eigenvalue weighted by Gasteiger charge is 2.10. The first-order chi connectivity index (χ1) is 8.90. The fourth-order valence-electron chi connectivity index (χ4n) is 2.02. The first-order valence-corrected chi connectivity index (χ1v) is 6.64. The average molecular weight is 250 g/mol. The van der Waals surface area contributed by atoms with E-state index >= 15 is 0 Å². The monoisotopic (exact) mass is 250 g/mol. The molecule has 1 aliphatic heterocycles. The van der Waals surface area contributed by atoms with Gasteiger partial charge in [-0.2, -0.15) is 0 Å². The molecule has 1 fully saturated rings. The Kier molecular flexibility index (Phi) is 5.30. The van der Waals surface area contributed by atoms with Gasteiger partial charge in [0.25, 0.3) is 0 Å². The van der Waals surface area contributed by atoms with E-state index in [-0.39, 0.29) is 0 Å². The maximum absolute atomic E-state index is 5.35. The van der Waals surface area contributed by atoms with Gasteiger partial charge in [0.2, 0.25) is 0 Å². The first kappa shape index (κ1) is 13.2. The Morgan fingerprint density at radius 1 is 1.22 bits per heavy atom. The van der Waals surface area contributed by atoms with Gasteiger partial charge in [0.1, 0.15) is 0 Å². The van der Waals surface area contributed by atoms with Crippen molar-refractivity contribution in [2.45, 2.75) is 6.92 Å². The van der Waals surface area contributed by atoms with E-state index in [0.717, 1.165) is 51.7 Å². The molecule has 0 radical (unpaired) electrons. The third-order valence-corrected chi connectivity index (χ3v) is 3.02. The van der Waals surface area contributed by atoms with Gasteiger partial charge in [-0.25, -0.2) is 0 Å². The normalized spacial score (nSPS) is 15.7. The molecule has 0 atom stereocenters. The SMILES string of the molecule is CCOCCNc1ccc(N2CCOCC2)cc1. The fraction of sp³-hybridized carbons (Fsp3) is 0.571. The van der Waals surface area contributed by atoms with Crippen LogP contribution in [0.15, 0.2) is 24.3 Å². The van der Waals surface area contributed by atoms with E-state index in [1.807, 2.05) is 6.92 Å². The molecule has 0 saturated carbocycles. The van der Waals surface area contributed by atoms with Crippen LogP contribution in [0.5, 0.6) is 0 Å². The van der Waals surface area contributed by atoms with Gasteiger partial charge in [-0.1, -0.05) is 0 Å². The highest BCUT2D eigenvalue weighted by molar-refractivity contribution is 5.55. The Morgan fingerprint density at radius 3 is 2.61 bits per heavy atom. The van der Waals surface area contributed by atoms with E-state index in [9.17, 15) is 0 Å². The molecule has 2 rings (SSSR count). The van der Waals surface area contributed by atoms with Crippen LogP contribution in [0.3, 0.4) is 0 Å². The zero-order valence-electron chi connectivity index (χ0n) is 11.0. The quantitative estimate of drug-likeness (QED) is 0.783. The zero-order valence-corrected chi connectivity index (χ0v) is 11.0. The molecule has 0 aliphatic carbocycles. The van der Waals surface area contributed by atoms with Crippen molar-refractivity contribution in [1.29, 1.82) is 0 Å². The summed E-state index contributed by atoms with van der Waals surface area (Å²) >= 11 is 0. The second-order valence-electron chi connectivity index (χ2n) is 4.27. The molecular weight excluding hydrogens is 228 g/mol. The van der Waals surface area contributed by atoms with Crippen molar-refractivity contribution in [3.8, 4) is 0 Å². The molecule has 1 aromatic carbocycles. The summed E-state index contributed by atoms with van der Waals surface area (Å²) in [6.45, 7) is 8.01. The number of hydrogen-bond acceptors (Lipinski definition) is 4. The lowest BCUT2D eigenvalue weighted by Crippen LogP contribution is -2.36. The molecule has 1 heterocycles. The second kappa shape index (κ2) is 7.24. The van der Waals surface area contributed by atoms with Crippen molar-refractivity contribution in [1.82, 2.24) is 0 Å². The summed E-state index contributed by atoms with van der Waals surface area (Å²) in [4.78, 5) is 2.35.